The van der Waals surface area contributed by atoms with Gasteiger partial charge in [0.1, 0.15) is 0 Å². The fraction of sp³-hybridized carbons (Fsp3) is 0.474. The van der Waals surface area contributed by atoms with Gasteiger partial charge in [0.2, 0.25) is 0 Å². The minimum atomic E-state index is -0.564. The van der Waals surface area contributed by atoms with E-state index in [1.165, 1.54) is 25.0 Å². The zero-order valence-corrected chi connectivity index (χ0v) is 16.5. The highest BCUT2D eigenvalue weighted by Crippen LogP contribution is 2.34. The van der Waals surface area contributed by atoms with Gasteiger partial charge in [-0.15, -0.1) is 0 Å². The summed E-state index contributed by atoms with van der Waals surface area (Å²) in [6, 6.07) is 3.24. The molecule has 2 rings (SSSR count). The molecule has 8 heteroatoms. The number of fused-ring (bicyclic) bond motifs is 1. The molecule has 0 aliphatic heterocycles. The molecule has 0 atom stereocenters. The van der Waals surface area contributed by atoms with Gasteiger partial charge < -0.3 is 29.0 Å². The predicted octanol–water partition coefficient (Wildman–Crippen LogP) is 2.08. The quantitative estimate of drug-likeness (QED) is 0.710. The number of benzene rings is 1. The highest BCUT2D eigenvalue weighted by molar-refractivity contribution is 5.92. The van der Waals surface area contributed by atoms with Gasteiger partial charge in [-0.1, -0.05) is 0 Å². The second-order valence-electron chi connectivity index (χ2n) is 6.31. The van der Waals surface area contributed by atoms with Crippen LogP contribution in [0.5, 0.6) is 17.2 Å². The van der Waals surface area contributed by atoms with Crippen molar-refractivity contribution in [2.45, 2.75) is 19.9 Å². The highest BCUT2D eigenvalue weighted by Gasteiger charge is 2.16. The van der Waals surface area contributed by atoms with E-state index < -0.39 is 6.09 Å². The minimum Gasteiger partial charge on any atom is -0.493 e. The first-order chi connectivity index (χ1) is 12.9. The molecule has 0 spiro atoms. The molecule has 0 unspecified atom stereocenters. The molecule has 2 aromatic rings. The Kier molecular flexibility index (Phi) is 7.06. The smallest absolute Gasteiger partial charge is 0.412 e. The number of carbonyl (C=O) groups is 1. The lowest BCUT2D eigenvalue weighted by Gasteiger charge is -2.15. The summed E-state index contributed by atoms with van der Waals surface area (Å²) in [6.07, 6.45) is 1.78. The molecular weight excluding hydrogens is 350 g/mol. The van der Waals surface area contributed by atoms with Gasteiger partial charge >= 0.3 is 6.09 Å². The fourth-order valence-corrected chi connectivity index (χ4v) is 2.72. The molecule has 0 fully saturated rings. The van der Waals surface area contributed by atoms with Crippen LogP contribution < -0.4 is 25.1 Å². The van der Waals surface area contributed by atoms with Crippen LogP contribution in [0.1, 0.15) is 13.3 Å². The van der Waals surface area contributed by atoms with Crippen molar-refractivity contribution in [1.29, 1.82) is 0 Å². The van der Waals surface area contributed by atoms with Gasteiger partial charge in [0.05, 0.1) is 25.8 Å². The molecule has 1 heterocycles. The van der Waals surface area contributed by atoms with E-state index in [1.54, 1.807) is 12.1 Å². The highest BCUT2D eigenvalue weighted by atomic mass is 16.6. The summed E-state index contributed by atoms with van der Waals surface area (Å²) in [5.41, 5.74) is -0.188. The predicted molar refractivity (Wildman–Crippen MR) is 104 cm³/mol. The van der Waals surface area contributed by atoms with Crippen LogP contribution >= 0.6 is 0 Å². The van der Waals surface area contributed by atoms with E-state index in [4.69, 9.17) is 14.2 Å². The fourth-order valence-electron chi connectivity index (χ4n) is 2.72. The summed E-state index contributed by atoms with van der Waals surface area (Å²) < 4.78 is 17.6. The van der Waals surface area contributed by atoms with E-state index in [-0.39, 0.29) is 11.3 Å². The molecule has 27 heavy (non-hydrogen) atoms. The van der Waals surface area contributed by atoms with Crippen LogP contribution in [0.2, 0.25) is 0 Å². The lowest BCUT2D eigenvalue weighted by molar-refractivity contribution is 0.200. The Morgan fingerprint density at radius 1 is 1.11 bits per heavy atom. The molecule has 148 valence electrons. The van der Waals surface area contributed by atoms with Gasteiger partial charge in [0, 0.05) is 18.5 Å². The number of amides is 1. The Balaban J connectivity index is 2.35. The molecule has 0 bridgehead atoms. The second kappa shape index (κ2) is 9.27. The van der Waals surface area contributed by atoms with E-state index in [0.29, 0.717) is 35.4 Å². The number of pyridine rings is 1. The Morgan fingerprint density at radius 3 is 2.30 bits per heavy atom. The number of aryl methyl sites for hydroxylation is 1. The van der Waals surface area contributed by atoms with E-state index in [2.05, 4.69) is 5.32 Å². The maximum atomic E-state index is 12.6. The third kappa shape index (κ3) is 4.91. The summed E-state index contributed by atoms with van der Waals surface area (Å²) in [6.45, 7) is 3.66. The number of rotatable bonds is 8. The first-order valence-electron chi connectivity index (χ1n) is 8.80. The van der Waals surface area contributed by atoms with Crippen LogP contribution in [-0.4, -0.2) is 57.0 Å². The lowest BCUT2D eigenvalue weighted by Crippen LogP contribution is -2.30. The molecule has 1 N–H and O–H groups in total. The Bertz CT molecular complexity index is 861. The molecule has 8 nitrogen and oxygen atoms in total. The van der Waals surface area contributed by atoms with Crippen LogP contribution in [0.3, 0.4) is 0 Å². The third-order valence-corrected chi connectivity index (χ3v) is 4.15. The first kappa shape index (κ1) is 20.6. The van der Waals surface area contributed by atoms with E-state index in [9.17, 15) is 9.59 Å². The standard InChI is InChI=1S/C19H27N3O5/c1-6-22-12-17(27-19(24)20-8-7-9-21(2)3)13-10-15(25-4)16(26-5)11-14(13)18(22)23/h10-12H,6-9H2,1-5H3,(H,20,24). The van der Waals surface area contributed by atoms with Crippen molar-refractivity contribution >= 4 is 16.9 Å². The monoisotopic (exact) mass is 377 g/mol. The largest absolute Gasteiger partial charge is 0.493 e. The third-order valence-electron chi connectivity index (χ3n) is 4.15. The van der Waals surface area contributed by atoms with Crippen molar-refractivity contribution in [3.8, 4) is 17.2 Å². The Morgan fingerprint density at radius 2 is 1.74 bits per heavy atom. The number of hydrogen-bond donors (Lipinski definition) is 1. The van der Waals surface area contributed by atoms with Crippen molar-refractivity contribution < 1.29 is 19.0 Å². The number of ether oxygens (including phenoxy) is 3. The normalized spacial score (nSPS) is 10.9. The number of hydrogen-bond acceptors (Lipinski definition) is 6. The van der Waals surface area contributed by atoms with E-state index >= 15 is 0 Å². The van der Waals surface area contributed by atoms with Crippen molar-refractivity contribution in [3.63, 3.8) is 0 Å². The average Bonchev–Trinajstić information content (AvgIpc) is 2.66. The molecule has 0 radical (unpaired) electrons. The molecule has 1 aromatic carbocycles. The van der Waals surface area contributed by atoms with Crippen LogP contribution in [0.4, 0.5) is 4.79 Å². The summed E-state index contributed by atoms with van der Waals surface area (Å²) in [4.78, 5) is 26.9. The molecular formula is C19H27N3O5. The number of carbonyl (C=O) groups excluding carboxylic acids is 1. The second-order valence-corrected chi connectivity index (χ2v) is 6.31. The first-order valence-corrected chi connectivity index (χ1v) is 8.80. The van der Waals surface area contributed by atoms with Crippen LogP contribution in [0.15, 0.2) is 23.1 Å². The lowest BCUT2D eigenvalue weighted by atomic mass is 10.1. The topological polar surface area (TPSA) is 82.0 Å². The van der Waals surface area contributed by atoms with Crippen LogP contribution in [-0.2, 0) is 6.54 Å². The average molecular weight is 377 g/mol. The summed E-state index contributed by atoms with van der Waals surface area (Å²) >= 11 is 0. The Labute approximate surface area is 158 Å². The van der Waals surface area contributed by atoms with Gasteiger partial charge in [-0.25, -0.2) is 4.79 Å². The molecule has 0 saturated carbocycles. The number of nitrogens with zero attached hydrogens (tertiary/aromatic N) is 2. The van der Waals surface area contributed by atoms with Crippen molar-refractivity contribution in [2.24, 2.45) is 0 Å². The van der Waals surface area contributed by atoms with E-state index in [0.717, 1.165) is 13.0 Å². The summed E-state index contributed by atoms with van der Waals surface area (Å²) in [5, 5.41) is 3.61. The van der Waals surface area contributed by atoms with Gasteiger partial charge in [0.15, 0.2) is 17.2 Å². The van der Waals surface area contributed by atoms with Crippen molar-refractivity contribution in [2.75, 3.05) is 41.4 Å². The number of aromatic nitrogens is 1. The SMILES string of the molecule is CCn1cc(OC(=O)NCCCN(C)C)c2cc(OC)c(OC)cc2c1=O. The molecule has 1 amide bonds. The van der Waals surface area contributed by atoms with Gasteiger partial charge in [-0.3, -0.25) is 4.79 Å². The maximum Gasteiger partial charge on any atom is 0.412 e. The van der Waals surface area contributed by atoms with Crippen molar-refractivity contribution in [3.05, 3.63) is 28.7 Å². The van der Waals surface area contributed by atoms with Crippen LogP contribution in [0, 0.1) is 0 Å². The van der Waals surface area contributed by atoms with E-state index in [1.807, 2.05) is 25.9 Å². The number of methoxy groups -OCH3 is 2. The molecule has 0 aliphatic carbocycles. The van der Waals surface area contributed by atoms with Gasteiger partial charge in [-0.05, 0) is 46.1 Å². The summed E-state index contributed by atoms with van der Waals surface area (Å²) in [7, 11) is 6.96. The van der Waals surface area contributed by atoms with Crippen LogP contribution in [0.25, 0.3) is 10.8 Å². The summed E-state index contributed by atoms with van der Waals surface area (Å²) in [5.74, 6) is 1.18. The maximum absolute atomic E-state index is 12.6. The minimum absolute atomic E-state index is 0.188. The molecule has 0 saturated heterocycles. The molecule has 1 aromatic heterocycles. The van der Waals surface area contributed by atoms with Gasteiger partial charge in [0.25, 0.3) is 5.56 Å². The Hall–Kier alpha value is -2.74. The zero-order valence-electron chi connectivity index (χ0n) is 16.5. The number of nitrogens with one attached hydrogen (secondary N) is 1. The zero-order chi connectivity index (χ0) is 20.0. The van der Waals surface area contributed by atoms with Gasteiger partial charge in [-0.2, -0.15) is 0 Å². The molecule has 0 aliphatic rings. The van der Waals surface area contributed by atoms with Crippen molar-refractivity contribution in [1.82, 2.24) is 14.8 Å².